The van der Waals surface area contributed by atoms with Crippen molar-refractivity contribution in [1.29, 1.82) is 0 Å². The zero-order chi connectivity index (χ0) is 30.7. The number of ether oxygens (including phenoxy) is 1. The van der Waals surface area contributed by atoms with E-state index in [4.69, 9.17) is 4.74 Å². The van der Waals surface area contributed by atoms with Crippen LogP contribution in [0.3, 0.4) is 0 Å². The minimum absolute atomic E-state index is 0.0232. The van der Waals surface area contributed by atoms with Crippen LogP contribution in [-0.4, -0.2) is 68.1 Å². The van der Waals surface area contributed by atoms with Crippen molar-refractivity contribution in [2.45, 2.75) is 50.5 Å². The summed E-state index contributed by atoms with van der Waals surface area (Å²) < 4.78 is 37.7. The van der Waals surface area contributed by atoms with Gasteiger partial charge < -0.3 is 14.5 Å². The summed E-state index contributed by atoms with van der Waals surface area (Å²) in [6.07, 6.45) is 4.84. The lowest BCUT2D eigenvalue weighted by atomic mass is 10.1. The number of methoxy groups -OCH3 is 1. The maximum absolute atomic E-state index is 15.9. The normalized spacial score (nSPS) is 18.5. The molecular formula is C32H31F2N7O3. The van der Waals surface area contributed by atoms with Crippen LogP contribution in [-0.2, 0) is 4.79 Å². The number of hydrogen-bond acceptors (Lipinski definition) is 8. The number of benzene rings is 1. The maximum Gasteiger partial charge on any atom is 0.355 e. The van der Waals surface area contributed by atoms with Crippen molar-refractivity contribution in [1.82, 2.24) is 29.4 Å². The molecule has 2 saturated carbocycles. The van der Waals surface area contributed by atoms with Gasteiger partial charge in [0.25, 0.3) is 0 Å². The van der Waals surface area contributed by atoms with Crippen LogP contribution in [0, 0.1) is 11.6 Å². The van der Waals surface area contributed by atoms with Gasteiger partial charge in [-0.05, 0) is 56.9 Å². The van der Waals surface area contributed by atoms with Crippen LogP contribution in [0.4, 0.5) is 14.6 Å². The van der Waals surface area contributed by atoms with E-state index in [0.717, 1.165) is 25.7 Å². The summed E-state index contributed by atoms with van der Waals surface area (Å²) in [4.78, 5) is 48.7. The van der Waals surface area contributed by atoms with E-state index in [1.807, 2.05) is 11.8 Å². The van der Waals surface area contributed by atoms with E-state index >= 15 is 4.39 Å². The second-order valence-corrected chi connectivity index (χ2v) is 11.6. The number of fused-ring (bicyclic) bond motifs is 1. The number of carbonyl (C=O) groups excluding carboxylic acids is 1. The smallest absolute Gasteiger partial charge is 0.355 e. The number of amides is 1. The number of anilines is 1. The Bertz CT molecular complexity index is 1850. The predicted molar refractivity (Wildman–Crippen MR) is 160 cm³/mol. The third-order valence-electron chi connectivity index (χ3n) is 8.57. The minimum atomic E-state index is -0.750. The number of piperazine rings is 1. The van der Waals surface area contributed by atoms with Crippen molar-refractivity contribution in [3.05, 3.63) is 76.5 Å². The van der Waals surface area contributed by atoms with Gasteiger partial charge in [-0.2, -0.15) is 15.0 Å². The third-order valence-corrected chi connectivity index (χ3v) is 8.57. The van der Waals surface area contributed by atoms with Crippen LogP contribution in [0.2, 0.25) is 0 Å². The Kier molecular flexibility index (Phi) is 6.86. The molecule has 0 spiro atoms. The lowest BCUT2D eigenvalue weighted by Crippen LogP contribution is -2.54. The van der Waals surface area contributed by atoms with Crippen LogP contribution in [0.1, 0.15) is 55.8 Å². The van der Waals surface area contributed by atoms with E-state index in [1.165, 1.54) is 42.0 Å². The molecule has 7 rings (SSSR count). The molecule has 1 aromatic carbocycles. The van der Waals surface area contributed by atoms with Gasteiger partial charge in [0.15, 0.2) is 5.65 Å². The molecule has 0 N–H and O–H groups in total. The SMILES string of the molecule is C=CC(=O)N1CCN(c2nc(=O)n(-c3c(C4CC4)nc(OC)nc3C3CC3)c3nc(-c4ccccc4F)c(F)cc23)[C@@H](C)C1. The summed E-state index contributed by atoms with van der Waals surface area (Å²) in [6, 6.07) is 7.07. The van der Waals surface area contributed by atoms with Crippen molar-refractivity contribution < 1.29 is 18.3 Å². The zero-order valence-corrected chi connectivity index (χ0v) is 24.5. The number of rotatable bonds is 7. The Labute approximate surface area is 252 Å². The van der Waals surface area contributed by atoms with Crippen molar-refractivity contribution in [2.75, 3.05) is 31.6 Å². The number of aromatic nitrogens is 5. The van der Waals surface area contributed by atoms with E-state index in [0.29, 0.717) is 36.7 Å². The molecule has 3 fully saturated rings. The molecule has 1 amide bonds. The Balaban J connectivity index is 1.50. The highest BCUT2D eigenvalue weighted by Gasteiger charge is 2.38. The summed E-state index contributed by atoms with van der Waals surface area (Å²) in [7, 11) is 1.51. The zero-order valence-electron chi connectivity index (χ0n) is 24.5. The monoisotopic (exact) mass is 599 g/mol. The number of hydrogen-bond donors (Lipinski definition) is 0. The summed E-state index contributed by atoms with van der Waals surface area (Å²) in [5.41, 5.74) is 1.10. The highest BCUT2D eigenvalue weighted by molar-refractivity contribution is 5.91. The van der Waals surface area contributed by atoms with E-state index in [1.54, 1.807) is 11.0 Å². The fourth-order valence-corrected chi connectivity index (χ4v) is 6.04. The molecule has 226 valence electrons. The third kappa shape index (κ3) is 4.78. The van der Waals surface area contributed by atoms with Gasteiger partial charge in [0.2, 0.25) is 5.91 Å². The second-order valence-electron chi connectivity index (χ2n) is 11.6. The molecule has 12 heteroatoms. The molecule has 4 heterocycles. The molecule has 0 bridgehead atoms. The van der Waals surface area contributed by atoms with Crippen LogP contribution >= 0.6 is 0 Å². The lowest BCUT2D eigenvalue weighted by Gasteiger charge is -2.40. The molecule has 0 radical (unpaired) electrons. The number of nitrogens with zero attached hydrogens (tertiary/aromatic N) is 7. The topological polar surface area (TPSA) is 106 Å². The quantitative estimate of drug-likeness (QED) is 0.286. The van der Waals surface area contributed by atoms with Gasteiger partial charge in [-0.3, -0.25) is 4.79 Å². The standard InChI is InChI=1S/C32H31F2N7O3/c1-4-24(42)39-13-14-40(17(2)16-39)29-21-15-23(34)27(20-7-5-6-8-22(20)33)35-30(21)41(32(43)38-29)28-25(18-9-10-18)36-31(44-3)37-26(28)19-11-12-19/h4-8,15,17-19H,1,9-14,16H2,2-3H3/t17-/m0/s1. The van der Waals surface area contributed by atoms with Crippen molar-refractivity contribution in [3.63, 3.8) is 0 Å². The van der Waals surface area contributed by atoms with Crippen LogP contribution in [0.15, 0.2) is 47.8 Å². The fraction of sp³-hybridized carbons (Fsp3) is 0.375. The molecule has 0 unspecified atom stereocenters. The Morgan fingerprint density at radius 3 is 2.27 bits per heavy atom. The molecular weight excluding hydrogens is 568 g/mol. The molecule has 44 heavy (non-hydrogen) atoms. The minimum Gasteiger partial charge on any atom is -0.467 e. The molecule has 3 aliphatic rings. The molecule has 3 aromatic heterocycles. The first-order valence-electron chi connectivity index (χ1n) is 14.8. The van der Waals surface area contributed by atoms with Gasteiger partial charge in [0.05, 0.1) is 29.6 Å². The average molecular weight is 600 g/mol. The number of carbonyl (C=O) groups is 1. The Morgan fingerprint density at radius 1 is 1.00 bits per heavy atom. The predicted octanol–water partition coefficient (Wildman–Crippen LogP) is 4.50. The molecule has 10 nitrogen and oxygen atoms in total. The maximum atomic E-state index is 15.9. The molecule has 1 aliphatic heterocycles. The first-order valence-corrected chi connectivity index (χ1v) is 14.8. The first-order chi connectivity index (χ1) is 21.3. The summed E-state index contributed by atoms with van der Waals surface area (Å²) >= 11 is 0. The summed E-state index contributed by atoms with van der Waals surface area (Å²) in [6.45, 7) is 6.58. The fourth-order valence-electron chi connectivity index (χ4n) is 6.04. The van der Waals surface area contributed by atoms with E-state index in [9.17, 15) is 14.0 Å². The van der Waals surface area contributed by atoms with Gasteiger partial charge in [0.1, 0.15) is 23.1 Å². The Morgan fingerprint density at radius 2 is 1.68 bits per heavy atom. The van der Waals surface area contributed by atoms with Gasteiger partial charge in [-0.1, -0.05) is 18.7 Å². The van der Waals surface area contributed by atoms with E-state index in [2.05, 4.69) is 26.5 Å². The summed E-state index contributed by atoms with van der Waals surface area (Å²) in [5.74, 6) is -1.12. The van der Waals surface area contributed by atoms with Crippen LogP contribution in [0.25, 0.3) is 28.0 Å². The average Bonchev–Trinajstić information content (AvgIpc) is 3.94. The summed E-state index contributed by atoms with van der Waals surface area (Å²) in [5, 5.41) is 0.289. The van der Waals surface area contributed by atoms with Crippen molar-refractivity contribution in [2.24, 2.45) is 0 Å². The molecule has 1 saturated heterocycles. The van der Waals surface area contributed by atoms with Gasteiger partial charge >= 0.3 is 11.7 Å². The van der Waals surface area contributed by atoms with Gasteiger partial charge in [0, 0.05) is 43.1 Å². The van der Waals surface area contributed by atoms with Crippen LogP contribution < -0.4 is 15.3 Å². The van der Waals surface area contributed by atoms with Gasteiger partial charge in [-0.25, -0.2) is 23.1 Å². The number of pyridine rings is 1. The van der Waals surface area contributed by atoms with Crippen LogP contribution in [0.5, 0.6) is 6.01 Å². The second kappa shape index (κ2) is 10.8. The Hall–Kier alpha value is -4.74. The highest BCUT2D eigenvalue weighted by Crippen LogP contribution is 2.48. The molecule has 1 atom stereocenters. The number of halogens is 2. The lowest BCUT2D eigenvalue weighted by molar-refractivity contribution is -0.126. The first kappa shape index (κ1) is 28.1. The molecule has 2 aliphatic carbocycles. The molecule has 4 aromatic rings. The van der Waals surface area contributed by atoms with E-state index < -0.39 is 17.3 Å². The van der Waals surface area contributed by atoms with Crippen molar-refractivity contribution >= 4 is 22.8 Å². The van der Waals surface area contributed by atoms with Crippen molar-refractivity contribution in [3.8, 4) is 23.0 Å². The highest BCUT2D eigenvalue weighted by atomic mass is 19.1. The van der Waals surface area contributed by atoms with E-state index in [-0.39, 0.29) is 57.9 Å². The largest absolute Gasteiger partial charge is 0.467 e. The van der Waals surface area contributed by atoms with Gasteiger partial charge in [-0.15, -0.1) is 0 Å².